The fourth-order valence-electron chi connectivity index (χ4n) is 1.81. The van der Waals surface area contributed by atoms with Gasteiger partial charge in [-0.2, -0.15) is 0 Å². The van der Waals surface area contributed by atoms with Gasteiger partial charge in [0, 0.05) is 0 Å². The molecular formula is C14H30OSi2. The molecule has 0 atom stereocenters. The first-order valence-electron chi connectivity index (χ1n) is 6.88. The van der Waals surface area contributed by atoms with Crippen LogP contribution in [0.3, 0.4) is 0 Å². The van der Waals surface area contributed by atoms with Gasteiger partial charge in [0.25, 0.3) is 0 Å². The van der Waals surface area contributed by atoms with Crippen LogP contribution < -0.4 is 0 Å². The predicted molar refractivity (Wildman–Crippen MR) is 84.1 cm³/mol. The van der Waals surface area contributed by atoms with Crippen LogP contribution in [-0.2, 0) is 4.12 Å². The molecule has 0 fully saturated rings. The summed E-state index contributed by atoms with van der Waals surface area (Å²) in [6.07, 6.45) is 9.39. The molecule has 0 heterocycles. The highest BCUT2D eigenvalue weighted by atomic mass is 28.4. The maximum Gasteiger partial charge on any atom is 0.198 e. The van der Waals surface area contributed by atoms with Crippen LogP contribution >= 0.6 is 0 Å². The molecule has 0 aromatic heterocycles. The molecule has 0 aliphatic rings. The molecule has 0 rings (SSSR count). The molecule has 3 heteroatoms. The van der Waals surface area contributed by atoms with E-state index in [9.17, 15) is 0 Å². The first-order chi connectivity index (χ1) is 7.83. The Morgan fingerprint density at radius 3 is 1.41 bits per heavy atom. The number of rotatable bonds is 8. The molecular weight excluding hydrogens is 240 g/mol. The molecule has 0 radical (unpaired) electrons. The van der Waals surface area contributed by atoms with Crippen molar-refractivity contribution in [1.82, 2.24) is 0 Å². The zero-order chi connectivity index (χ0) is 13.4. The lowest BCUT2D eigenvalue weighted by molar-refractivity contribution is 0.570. The van der Waals surface area contributed by atoms with Gasteiger partial charge >= 0.3 is 0 Å². The largest absolute Gasteiger partial charge is 0.449 e. The van der Waals surface area contributed by atoms with E-state index in [2.05, 4.69) is 63.6 Å². The van der Waals surface area contributed by atoms with E-state index in [1.54, 1.807) is 0 Å². The maximum absolute atomic E-state index is 6.42. The highest BCUT2D eigenvalue weighted by molar-refractivity contribution is 6.89. The lowest BCUT2D eigenvalue weighted by atomic mass is 10.3. The SMILES string of the molecule is CCCC=C[Si](C)(C)O[Si](C)(C)C=CCCC. The van der Waals surface area contributed by atoms with Crippen molar-refractivity contribution >= 4 is 16.6 Å². The van der Waals surface area contributed by atoms with E-state index in [1.807, 2.05) is 0 Å². The van der Waals surface area contributed by atoms with Crippen LogP contribution in [0.4, 0.5) is 0 Å². The number of hydrogen-bond donors (Lipinski definition) is 0. The van der Waals surface area contributed by atoms with Crippen molar-refractivity contribution in [1.29, 1.82) is 0 Å². The normalized spacial score (nSPS) is 14.0. The van der Waals surface area contributed by atoms with Crippen LogP contribution in [0.25, 0.3) is 0 Å². The maximum atomic E-state index is 6.42. The molecule has 0 aliphatic carbocycles. The molecule has 0 N–H and O–H groups in total. The van der Waals surface area contributed by atoms with Gasteiger partial charge in [0.05, 0.1) is 0 Å². The minimum absolute atomic E-state index is 1.17. The molecule has 0 unspecified atom stereocenters. The van der Waals surface area contributed by atoms with Gasteiger partial charge in [-0.25, -0.2) is 0 Å². The van der Waals surface area contributed by atoms with Crippen molar-refractivity contribution in [2.75, 3.05) is 0 Å². The Morgan fingerprint density at radius 1 is 0.765 bits per heavy atom. The van der Waals surface area contributed by atoms with Gasteiger partial charge in [-0.05, 0) is 39.0 Å². The van der Waals surface area contributed by atoms with E-state index in [0.717, 1.165) is 0 Å². The summed E-state index contributed by atoms with van der Waals surface area (Å²) in [6.45, 7) is 13.6. The average molecular weight is 271 g/mol. The summed E-state index contributed by atoms with van der Waals surface area (Å²) in [5.41, 5.74) is 4.69. The minimum Gasteiger partial charge on any atom is -0.449 e. The molecule has 1 nitrogen and oxygen atoms in total. The third-order valence-electron chi connectivity index (χ3n) is 2.48. The number of allylic oxidation sites excluding steroid dienone is 2. The highest BCUT2D eigenvalue weighted by Gasteiger charge is 2.28. The summed E-state index contributed by atoms with van der Waals surface area (Å²) in [6, 6.07) is 0. The lowest BCUT2D eigenvalue weighted by Gasteiger charge is -2.29. The molecule has 0 spiro atoms. The predicted octanol–water partition coefficient (Wildman–Crippen LogP) is 5.20. The van der Waals surface area contributed by atoms with Crippen LogP contribution in [0, 0.1) is 0 Å². The molecule has 100 valence electrons. The van der Waals surface area contributed by atoms with Crippen molar-refractivity contribution in [2.24, 2.45) is 0 Å². The first-order valence-corrected chi connectivity index (χ1v) is 12.9. The van der Waals surface area contributed by atoms with Crippen LogP contribution in [0.15, 0.2) is 23.6 Å². The van der Waals surface area contributed by atoms with E-state index < -0.39 is 16.6 Å². The monoisotopic (exact) mass is 270 g/mol. The summed E-state index contributed by atoms with van der Waals surface area (Å²) in [5, 5.41) is 0. The Balaban J connectivity index is 4.36. The Hall–Kier alpha value is -0.126. The van der Waals surface area contributed by atoms with Crippen molar-refractivity contribution in [3.05, 3.63) is 23.6 Å². The molecule has 0 bridgehead atoms. The molecule has 0 aromatic rings. The second-order valence-corrected chi connectivity index (χ2v) is 13.6. The topological polar surface area (TPSA) is 9.23 Å². The standard InChI is InChI=1S/C14H30OSi2/c1-7-9-11-13-16(3,4)15-17(5,6)14-12-10-8-2/h11-14H,7-10H2,1-6H3. The fourth-order valence-corrected chi connectivity index (χ4v) is 9.25. The molecule has 0 saturated heterocycles. The zero-order valence-corrected chi connectivity index (χ0v) is 14.5. The van der Waals surface area contributed by atoms with Gasteiger partial charge in [0.2, 0.25) is 0 Å². The van der Waals surface area contributed by atoms with Crippen molar-refractivity contribution < 1.29 is 4.12 Å². The molecule has 17 heavy (non-hydrogen) atoms. The Morgan fingerprint density at radius 2 is 1.12 bits per heavy atom. The first kappa shape index (κ1) is 16.9. The second kappa shape index (κ2) is 8.06. The van der Waals surface area contributed by atoms with Gasteiger partial charge in [-0.3, -0.25) is 0 Å². The van der Waals surface area contributed by atoms with E-state index in [0.29, 0.717) is 0 Å². The summed E-state index contributed by atoms with van der Waals surface area (Å²) in [5.74, 6) is 0. The van der Waals surface area contributed by atoms with Crippen LogP contribution in [0.5, 0.6) is 0 Å². The van der Waals surface area contributed by atoms with Crippen LogP contribution in [0.1, 0.15) is 39.5 Å². The third-order valence-corrected chi connectivity index (χ3v) is 8.76. The second-order valence-electron chi connectivity index (χ2n) is 5.69. The van der Waals surface area contributed by atoms with E-state index in [1.165, 1.54) is 25.7 Å². The van der Waals surface area contributed by atoms with Crippen molar-refractivity contribution in [2.45, 2.75) is 65.7 Å². The fraction of sp³-hybridized carbons (Fsp3) is 0.714. The Kier molecular flexibility index (Phi) is 8.00. The summed E-state index contributed by atoms with van der Waals surface area (Å²) in [7, 11) is -3.21. The van der Waals surface area contributed by atoms with E-state index in [4.69, 9.17) is 4.12 Å². The summed E-state index contributed by atoms with van der Waals surface area (Å²) in [4.78, 5) is 0. The van der Waals surface area contributed by atoms with Crippen molar-refractivity contribution in [3.8, 4) is 0 Å². The van der Waals surface area contributed by atoms with E-state index in [-0.39, 0.29) is 0 Å². The van der Waals surface area contributed by atoms with Gasteiger partial charge in [0.1, 0.15) is 0 Å². The number of hydrogen-bond acceptors (Lipinski definition) is 1. The van der Waals surface area contributed by atoms with Crippen molar-refractivity contribution in [3.63, 3.8) is 0 Å². The average Bonchev–Trinajstić information content (AvgIpc) is 2.16. The summed E-state index contributed by atoms with van der Waals surface area (Å²) < 4.78 is 6.42. The van der Waals surface area contributed by atoms with E-state index >= 15 is 0 Å². The third kappa shape index (κ3) is 9.56. The highest BCUT2D eigenvalue weighted by Crippen LogP contribution is 2.17. The van der Waals surface area contributed by atoms with Gasteiger partial charge in [-0.1, -0.05) is 50.2 Å². The smallest absolute Gasteiger partial charge is 0.198 e. The van der Waals surface area contributed by atoms with Crippen LogP contribution in [0.2, 0.25) is 26.2 Å². The Labute approximate surface area is 110 Å². The lowest BCUT2D eigenvalue weighted by Crippen LogP contribution is -2.42. The quantitative estimate of drug-likeness (QED) is 0.551. The zero-order valence-electron chi connectivity index (χ0n) is 12.5. The molecule has 0 saturated carbocycles. The molecule has 0 amide bonds. The summed E-state index contributed by atoms with van der Waals surface area (Å²) >= 11 is 0. The molecule has 0 aliphatic heterocycles. The number of unbranched alkanes of at least 4 members (excludes halogenated alkanes) is 2. The van der Waals surface area contributed by atoms with Crippen LogP contribution in [-0.4, -0.2) is 16.6 Å². The van der Waals surface area contributed by atoms with Gasteiger partial charge in [0.15, 0.2) is 16.6 Å². The van der Waals surface area contributed by atoms with Gasteiger partial charge in [-0.15, -0.1) is 0 Å². The molecule has 0 aromatic carbocycles. The Bertz CT molecular complexity index is 229. The minimum atomic E-state index is -1.61. The van der Waals surface area contributed by atoms with Gasteiger partial charge < -0.3 is 4.12 Å².